The Kier molecular flexibility index (Phi) is 13.6. The second-order valence-electron chi connectivity index (χ2n) is 10.6. The van der Waals surface area contributed by atoms with E-state index in [2.05, 4.69) is 22.9 Å². The molecule has 0 saturated carbocycles. The van der Waals surface area contributed by atoms with Crippen molar-refractivity contribution in [2.75, 3.05) is 6.54 Å². The fraction of sp³-hybridized carbons (Fsp3) is 0.515. The molecule has 6 heteroatoms. The summed E-state index contributed by atoms with van der Waals surface area (Å²) >= 11 is 9.47. The number of hydrogen-bond acceptors (Lipinski definition) is 3. The highest BCUT2D eigenvalue weighted by atomic mass is 79.9. The minimum Gasteiger partial charge on any atom is -0.507 e. The number of Topliss-reactive ketones (excluding diaryl/α,β-unsaturated/α-hetero) is 1. The molecule has 0 unspecified atom stereocenters. The molecule has 2 aromatic rings. The van der Waals surface area contributed by atoms with Gasteiger partial charge in [-0.05, 0) is 48.4 Å². The van der Waals surface area contributed by atoms with Crippen LogP contribution < -0.4 is 0 Å². The summed E-state index contributed by atoms with van der Waals surface area (Å²) < 4.78 is 0.910. The minimum absolute atomic E-state index is 0.134. The lowest BCUT2D eigenvalue weighted by molar-refractivity contribution is -0.139. The molecule has 1 saturated heterocycles. The van der Waals surface area contributed by atoms with Crippen molar-refractivity contribution in [1.82, 2.24) is 4.90 Å². The average Bonchev–Trinajstić information content (AvgIpc) is 3.18. The van der Waals surface area contributed by atoms with Gasteiger partial charge in [0.05, 0.1) is 11.6 Å². The lowest BCUT2D eigenvalue weighted by atomic mass is 9.95. The first-order valence-electron chi connectivity index (χ1n) is 14.7. The molecule has 0 spiro atoms. The maximum Gasteiger partial charge on any atom is 0.295 e. The van der Waals surface area contributed by atoms with E-state index in [9.17, 15) is 14.7 Å². The Morgan fingerprint density at radius 1 is 0.769 bits per heavy atom. The van der Waals surface area contributed by atoms with E-state index < -0.39 is 17.7 Å². The molecule has 1 atom stereocenters. The van der Waals surface area contributed by atoms with Crippen LogP contribution in [0.5, 0.6) is 0 Å². The normalized spacial score (nSPS) is 16.8. The summed E-state index contributed by atoms with van der Waals surface area (Å²) in [5.41, 5.74) is 1.41. The Hall–Kier alpha value is -2.11. The van der Waals surface area contributed by atoms with Gasteiger partial charge in [0.15, 0.2) is 0 Å². The maximum absolute atomic E-state index is 13.2. The molecular formula is C33H43BrClNO3. The summed E-state index contributed by atoms with van der Waals surface area (Å²) in [7, 11) is 0. The second kappa shape index (κ2) is 16.9. The van der Waals surface area contributed by atoms with E-state index in [0.717, 1.165) is 29.3 Å². The molecule has 1 amide bonds. The molecule has 2 aromatic carbocycles. The van der Waals surface area contributed by atoms with Crippen molar-refractivity contribution in [3.8, 4) is 0 Å². The van der Waals surface area contributed by atoms with Gasteiger partial charge in [-0.25, -0.2) is 0 Å². The predicted octanol–water partition coefficient (Wildman–Crippen LogP) is 10.0. The van der Waals surface area contributed by atoms with Crippen molar-refractivity contribution >= 4 is 45.0 Å². The number of hydrogen-bond donors (Lipinski definition) is 1. The third-order valence-electron chi connectivity index (χ3n) is 7.60. The number of benzene rings is 2. The number of likely N-dealkylation sites (tertiary alicyclic amines) is 1. The summed E-state index contributed by atoms with van der Waals surface area (Å²) in [5, 5.41) is 11.7. The Morgan fingerprint density at radius 2 is 1.26 bits per heavy atom. The van der Waals surface area contributed by atoms with Gasteiger partial charge in [0, 0.05) is 21.6 Å². The Labute approximate surface area is 248 Å². The first-order valence-corrected chi connectivity index (χ1v) is 15.9. The van der Waals surface area contributed by atoms with Crippen LogP contribution in [0.4, 0.5) is 0 Å². The number of halogens is 2. The van der Waals surface area contributed by atoms with E-state index in [0.29, 0.717) is 17.1 Å². The molecule has 1 aliphatic rings. The summed E-state index contributed by atoms with van der Waals surface area (Å²) in [5.74, 6) is -1.35. The highest BCUT2D eigenvalue weighted by Gasteiger charge is 2.45. The second-order valence-corrected chi connectivity index (χ2v) is 12.0. The Morgan fingerprint density at radius 3 is 1.77 bits per heavy atom. The topological polar surface area (TPSA) is 57.6 Å². The van der Waals surface area contributed by atoms with Crippen molar-refractivity contribution in [3.63, 3.8) is 0 Å². The first-order chi connectivity index (χ1) is 18.9. The minimum atomic E-state index is -0.638. The van der Waals surface area contributed by atoms with Crippen molar-refractivity contribution < 1.29 is 14.7 Å². The molecule has 1 fully saturated rings. The molecule has 212 valence electrons. The summed E-state index contributed by atoms with van der Waals surface area (Å²) in [6, 6.07) is 13.6. The molecule has 0 bridgehead atoms. The van der Waals surface area contributed by atoms with Crippen LogP contribution in [0.3, 0.4) is 0 Å². The van der Waals surface area contributed by atoms with Crippen LogP contribution in [0, 0.1) is 0 Å². The molecule has 3 rings (SSSR count). The van der Waals surface area contributed by atoms with Crippen molar-refractivity contribution in [2.24, 2.45) is 0 Å². The Bertz CT molecular complexity index is 1080. The number of aliphatic hydroxyl groups is 1. The molecule has 4 nitrogen and oxygen atoms in total. The average molecular weight is 617 g/mol. The zero-order valence-electron chi connectivity index (χ0n) is 23.3. The molecule has 0 aliphatic carbocycles. The van der Waals surface area contributed by atoms with Crippen LogP contribution in [-0.4, -0.2) is 28.2 Å². The van der Waals surface area contributed by atoms with Crippen LogP contribution in [-0.2, 0) is 9.59 Å². The highest BCUT2D eigenvalue weighted by Crippen LogP contribution is 2.40. The third-order valence-corrected chi connectivity index (χ3v) is 8.38. The van der Waals surface area contributed by atoms with Gasteiger partial charge in [0.1, 0.15) is 5.76 Å². The van der Waals surface area contributed by atoms with E-state index in [1.807, 2.05) is 24.3 Å². The van der Waals surface area contributed by atoms with E-state index in [1.54, 1.807) is 29.2 Å². The van der Waals surface area contributed by atoms with E-state index in [-0.39, 0.29) is 11.3 Å². The highest BCUT2D eigenvalue weighted by molar-refractivity contribution is 9.10. The maximum atomic E-state index is 13.2. The smallest absolute Gasteiger partial charge is 0.295 e. The summed E-state index contributed by atoms with van der Waals surface area (Å²) in [6.45, 7) is 2.75. The SMILES string of the molecule is CCCCCCCCCCCCCCCCN1C(=O)C(=O)/C(=C(/O)c2ccc(Cl)cc2)[C@H]1c1ccc(Br)cc1. The number of ketones is 1. The number of carbonyl (C=O) groups is 2. The van der Waals surface area contributed by atoms with Crippen LogP contribution in [0.15, 0.2) is 58.6 Å². The van der Waals surface area contributed by atoms with E-state index in [1.165, 1.54) is 70.6 Å². The zero-order valence-corrected chi connectivity index (χ0v) is 25.6. The van der Waals surface area contributed by atoms with Crippen LogP contribution in [0.2, 0.25) is 5.02 Å². The fourth-order valence-corrected chi connectivity index (χ4v) is 5.73. The van der Waals surface area contributed by atoms with Gasteiger partial charge in [0.25, 0.3) is 11.7 Å². The molecular weight excluding hydrogens is 574 g/mol. The van der Waals surface area contributed by atoms with Crippen molar-refractivity contribution in [2.45, 2.75) is 103 Å². The number of unbranched alkanes of at least 4 members (excludes halogenated alkanes) is 13. The van der Waals surface area contributed by atoms with Gasteiger partial charge in [-0.3, -0.25) is 9.59 Å². The molecule has 1 aliphatic heterocycles. The number of amides is 1. The van der Waals surface area contributed by atoms with Crippen molar-refractivity contribution in [1.29, 1.82) is 0 Å². The molecule has 1 N–H and O–H groups in total. The van der Waals surface area contributed by atoms with Gasteiger partial charge >= 0.3 is 0 Å². The number of aliphatic hydroxyl groups excluding tert-OH is 1. The monoisotopic (exact) mass is 615 g/mol. The quantitative estimate of drug-likeness (QED) is 0.0833. The zero-order chi connectivity index (χ0) is 28.0. The number of rotatable bonds is 17. The van der Waals surface area contributed by atoms with E-state index in [4.69, 9.17) is 11.6 Å². The fourth-order valence-electron chi connectivity index (χ4n) is 5.34. The summed E-state index contributed by atoms with van der Waals surface area (Å²) in [4.78, 5) is 27.9. The summed E-state index contributed by atoms with van der Waals surface area (Å²) in [6.07, 6.45) is 17.7. The van der Waals surface area contributed by atoms with Gasteiger partial charge in [-0.1, -0.05) is 130 Å². The number of carbonyl (C=O) groups excluding carboxylic acids is 2. The lowest BCUT2D eigenvalue weighted by Gasteiger charge is -2.25. The first kappa shape index (κ1) is 31.4. The van der Waals surface area contributed by atoms with E-state index >= 15 is 0 Å². The largest absolute Gasteiger partial charge is 0.507 e. The molecule has 39 heavy (non-hydrogen) atoms. The van der Waals surface area contributed by atoms with Gasteiger partial charge in [-0.15, -0.1) is 0 Å². The van der Waals surface area contributed by atoms with Crippen LogP contribution in [0.1, 0.15) is 114 Å². The standard InChI is InChI=1S/C33H43BrClNO3/c1-2-3-4-5-6-7-8-9-10-11-12-13-14-15-24-36-30(25-16-20-27(34)21-17-25)29(32(38)33(36)39)31(37)26-18-22-28(35)23-19-26/h16-23,30,37H,2-15,24H2,1H3/b31-29+/t30-/m1/s1. The molecule has 1 heterocycles. The Balaban J connectivity index is 1.52. The van der Waals surface area contributed by atoms with Gasteiger partial charge in [-0.2, -0.15) is 0 Å². The third kappa shape index (κ3) is 9.49. The van der Waals surface area contributed by atoms with Crippen LogP contribution in [0.25, 0.3) is 5.76 Å². The van der Waals surface area contributed by atoms with Crippen LogP contribution >= 0.6 is 27.5 Å². The molecule has 0 aromatic heterocycles. The lowest BCUT2D eigenvalue weighted by Crippen LogP contribution is -2.30. The number of nitrogens with zero attached hydrogens (tertiary/aromatic N) is 1. The predicted molar refractivity (Wildman–Crippen MR) is 165 cm³/mol. The molecule has 0 radical (unpaired) electrons. The van der Waals surface area contributed by atoms with Crippen molar-refractivity contribution in [3.05, 3.63) is 74.7 Å². The van der Waals surface area contributed by atoms with Gasteiger partial charge in [0.2, 0.25) is 0 Å². The van der Waals surface area contributed by atoms with Gasteiger partial charge < -0.3 is 10.0 Å².